The minimum Gasteiger partial charge on any atom is -0.493 e. The second-order valence-corrected chi connectivity index (χ2v) is 20.3. The van der Waals surface area contributed by atoms with Gasteiger partial charge in [0.05, 0.1) is 60.7 Å². The summed E-state index contributed by atoms with van der Waals surface area (Å²) in [5.41, 5.74) is 2.56. The standard InChI is InChI=1S/C28H33ClFN5O3.C27H31ClFN5O4/c1-34(28(36)35-12-4-3-5-13-35)19-7-9-20(10-8-19)38-26-15-21-24(16-25(26)37-2)31-17-32-27(21)33-18-6-11-23(30)22(29)14-18;1-33(27(35)34-9-11-37-12-10-34)18-4-6-19(7-5-18)38-25-14-20-23(15-24(25)36-2)30-16-31-26(20)32-17-3-8-22(29)21(28)13-17/h6,11,14-17,19-20H,3-5,7-10,12-13H2,1-2H3,(H,31,32,33);3,8,13-16,18-19H,4-7,9-12H2,1-2H3,(H,30,31,32). The summed E-state index contributed by atoms with van der Waals surface area (Å²) < 4.78 is 56.7. The molecule has 0 spiro atoms. The normalized spacial score (nSPS) is 19.7. The highest BCUT2D eigenvalue weighted by atomic mass is 35.5. The van der Waals surface area contributed by atoms with Crippen LogP contribution in [0, 0.1) is 11.6 Å². The van der Waals surface area contributed by atoms with Crippen LogP contribution in [0.4, 0.5) is 41.4 Å². The lowest BCUT2D eigenvalue weighted by atomic mass is 9.92. The van der Waals surface area contributed by atoms with Gasteiger partial charge in [-0.3, -0.25) is 0 Å². The molecule has 2 aromatic heterocycles. The average Bonchev–Trinajstić information content (AvgIpc) is 3.45. The lowest BCUT2D eigenvalue weighted by Gasteiger charge is -2.38. The van der Waals surface area contributed by atoms with Crippen LogP contribution < -0.4 is 29.6 Å². The van der Waals surface area contributed by atoms with Gasteiger partial charge in [0.25, 0.3) is 0 Å². The Bertz CT molecular complexity index is 2790. The van der Waals surface area contributed by atoms with Gasteiger partial charge in [-0.2, -0.15) is 0 Å². The third kappa shape index (κ3) is 12.9. The molecule has 404 valence electrons. The molecule has 4 aromatic carbocycles. The van der Waals surface area contributed by atoms with Crippen molar-refractivity contribution in [1.29, 1.82) is 0 Å². The van der Waals surface area contributed by atoms with Crippen LogP contribution in [-0.4, -0.2) is 144 Å². The van der Waals surface area contributed by atoms with Gasteiger partial charge >= 0.3 is 12.1 Å². The number of amides is 4. The number of hydrogen-bond acceptors (Lipinski definition) is 13. The quantitative estimate of drug-likeness (QED) is 0.119. The molecule has 76 heavy (non-hydrogen) atoms. The second kappa shape index (κ2) is 25.0. The average molecular weight is 1090 g/mol. The molecule has 2 N–H and O–H groups in total. The number of methoxy groups -OCH3 is 2. The minimum absolute atomic E-state index is 0.00744. The van der Waals surface area contributed by atoms with Gasteiger partial charge < -0.3 is 53.9 Å². The third-order valence-corrected chi connectivity index (χ3v) is 15.3. The Morgan fingerprint density at radius 1 is 0.579 bits per heavy atom. The molecular formula is C55H64Cl2F2N10O7. The number of ether oxygens (including phenoxy) is 5. The zero-order chi connectivity index (χ0) is 53.3. The number of halogens is 4. The van der Waals surface area contributed by atoms with E-state index in [1.54, 1.807) is 26.4 Å². The molecule has 6 aromatic rings. The number of rotatable bonds is 12. The van der Waals surface area contributed by atoms with E-state index in [2.05, 4.69) is 30.6 Å². The SMILES string of the molecule is COc1cc2ncnc(Nc3ccc(F)c(Cl)c3)c2cc1OC1CCC(N(C)C(=O)N2CCCCC2)CC1.COc1cc2ncnc(Nc3ccc(F)c(Cl)c3)c2cc1OC1CCC(N(C)C(=O)N2CCOCC2)CC1. The number of anilines is 4. The maximum Gasteiger partial charge on any atom is 0.320 e. The number of aromatic nitrogens is 4. The summed E-state index contributed by atoms with van der Waals surface area (Å²) in [5, 5.41) is 7.91. The van der Waals surface area contributed by atoms with Crippen LogP contribution in [-0.2, 0) is 4.74 Å². The van der Waals surface area contributed by atoms with E-state index in [9.17, 15) is 18.4 Å². The number of benzene rings is 4. The van der Waals surface area contributed by atoms with Gasteiger partial charge in [-0.05, 0) is 119 Å². The number of carbonyl (C=O) groups excluding carboxylic acids is 2. The molecule has 2 saturated carbocycles. The lowest BCUT2D eigenvalue weighted by molar-refractivity contribution is 0.0369. The Kier molecular flexibility index (Phi) is 17.8. The summed E-state index contributed by atoms with van der Waals surface area (Å²) in [6.07, 6.45) is 13.1. The summed E-state index contributed by atoms with van der Waals surface area (Å²) in [6, 6.07) is 16.8. The van der Waals surface area contributed by atoms with E-state index in [4.69, 9.17) is 46.9 Å². The number of likely N-dealkylation sites (tertiary alicyclic amines) is 1. The number of nitrogens with zero attached hydrogens (tertiary/aromatic N) is 8. The van der Waals surface area contributed by atoms with E-state index >= 15 is 0 Å². The molecule has 4 fully saturated rings. The topological polar surface area (TPSA) is 169 Å². The zero-order valence-corrected chi connectivity index (χ0v) is 44.7. The van der Waals surface area contributed by atoms with Crippen molar-refractivity contribution in [3.63, 3.8) is 0 Å². The van der Waals surface area contributed by atoms with Crippen LogP contribution in [0.2, 0.25) is 10.0 Å². The fraction of sp³-hybridized carbons (Fsp3) is 0.455. The van der Waals surface area contributed by atoms with Crippen molar-refractivity contribution >= 4 is 80.1 Å². The maximum atomic E-state index is 13.6. The van der Waals surface area contributed by atoms with Gasteiger partial charge in [0.2, 0.25) is 0 Å². The molecule has 4 aliphatic rings. The molecule has 2 saturated heterocycles. The van der Waals surface area contributed by atoms with Crippen LogP contribution in [0.1, 0.15) is 70.6 Å². The first kappa shape index (κ1) is 54.1. The van der Waals surface area contributed by atoms with E-state index in [0.717, 1.165) is 88.1 Å². The number of hydrogen-bond donors (Lipinski definition) is 2. The van der Waals surface area contributed by atoms with Gasteiger partial charge in [0, 0.05) is 86.6 Å². The highest BCUT2D eigenvalue weighted by Gasteiger charge is 2.33. The van der Waals surface area contributed by atoms with Crippen LogP contribution in [0.3, 0.4) is 0 Å². The van der Waals surface area contributed by atoms with E-state index in [-0.39, 0.29) is 46.4 Å². The van der Waals surface area contributed by atoms with Crippen molar-refractivity contribution in [2.75, 3.05) is 78.3 Å². The number of piperidine rings is 1. The van der Waals surface area contributed by atoms with Crippen LogP contribution in [0.5, 0.6) is 23.0 Å². The van der Waals surface area contributed by atoms with Crippen LogP contribution in [0.15, 0.2) is 73.3 Å². The smallest absolute Gasteiger partial charge is 0.320 e. The molecular weight excluding hydrogens is 1020 g/mol. The molecule has 4 amide bonds. The molecule has 4 heterocycles. The molecule has 17 nitrogen and oxygen atoms in total. The van der Waals surface area contributed by atoms with Gasteiger partial charge in [0.1, 0.15) is 35.9 Å². The third-order valence-electron chi connectivity index (χ3n) is 14.7. The summed E-state index contributed by atoms with van der Waals surface area (Å²) in [5.74, 6) is 2.48. The Labute approximate surface area is 451 Å². The van der Waals surface area contributed by atoms with E-state index in [1.165, 1.54) is 43.3 Å². The molecule has 21 heteroatoms. The van der Waals surface area contributed by atoms with Crippen LogP contribution in [0.25, 0.3) is 21.8 Å². The lowest BCUT2D eigenvalue weighted by Crippen LogP contribution is -2.51. The molecule has 10 rings (SSSR count). The van der Waals surface area contributed by atoms with Crippen molar-refractivity contribution in [3.8, 4) is 23.0 Å². The van der Waals surface area contributed by atoms with Crippen molar-refractivity contribution in [2.24, 2.45) is 0 Å². The first-order valence-corrected chi connectivity index (χ1v) is 26.7. The van der Waals surface area contributed by atoms with Gasteiger partial charge in [0.15, 0.2) is 23.0 Å². The molecule has 0 unspecified atom stereocenters. The zero-order valence-electron chi connectivity index (χ0n) is 43.2. The summed E-state index contributed by atoms with van der Waals surface area (Å²) in [7, 11) is 7.02. The van der Waals surface area contributed by atoms with E-state index < -0.39 is 11.6 Å². The van der Waals surface area contributed by atoms with Crippen molar-refractivity contribution < 1.29 is 42.1 Å². The number of nitrogens with one attached hydrogen (secondary N) is 2. The number of fused-ring (bicyclic) bond motifs is 2. The summed E-state index contributed by atoms with van der Waals surface area (Å²) in [4.78, 5) is 51.0. The first-order valence-electron chi connectivity index (χ1n) is 25.9. The summed E-state index contributed by atoms with van der Waals surface area (Å²) in [6.45, 7) is 4.17. The maximum absolute atomic E-state index is 13.6. The van der Waals surface area contributed by atoms with Gasteiger partial charge in [-0.1, -0.05) is 23.2 Å². The van der Waals surface area contributed by atoms with Crippen molar-refractivity contribution in [3.05, 3.63) is 95.0 Å². The predicted octanol–water partition coefficient (Wildman–Crippen LogP) is 11.7. The van der Waals surface area contributed by atoms with Crippen LogP contribution >= 0.6 is 23.2 Å². The monoisotopic (exact) mass is 1080 g/mol. The molecule has 0 bridgehead atoms. The predicted molar refractivity (Wildman–Crippen MR) is 289 cm³/mol. The number of morpholine rings is 1. The Balaban J connectivity index is 0.000000186. The number of carbonyl (C=O) groups is 2. The fourth-order valence-electron chi connectivity index (χ4n) is 10.3. The van der Waals surface area contributed by atoms with E-state index in [0.29, 0.717) is 83.3 Å². The highest BCUT2D eigenvalue weighted by molar-refractivity contribution is 6.31. The van der Waals surface area contributed by atoms with Crippen molar-refractivity contribution in [2.45, 2.75) is 94.9 Å². The Morgan fingerprint density at radius 3 is 1.41 bits per heavy atom. The van der Waals surface area contributed by atoms with Gasteiger partial charge in [-0.15, -0.1) is 0 Å². The molecule has 0 atom stereocenters. The fourth-order valence-corrected chi connectivity index (χ4v) is 10.7. The van der Waals surface area contributed by atoms with Crippen molar-refractivity contribution in [1.82, 2.24) is 39.5 Å². The summed E-state index contributed by atoms with van der Waals surface area (Å²) >= 11 is 11.9. The Morgan fingerprint density at radius 2 is 1.00 bits per heavy atom. The first-order chi connectivity index (χ1) is 36.8. The largest absolute Gasteiger partial charge is 0.493 e. The minimum atomic E-state index is -0.489. The Hall–Kier alpha value is -6.70. The van der Waals surface area contributed by atoms with Gasteiger partial charge in [-0.25, -0.2) is 38.3 Å². The number of urea groups is 2. The second-order valence-electron chi connectivity index (χ2n) is 19.5. The van der Waals surface area contributed by atoms with E-state index in [1.807, 2.05) is 58.0 Å². The highest BCUT2D eigenvalue weighted by Crippen LogP contribution is 2.40. The molecule has 2 aliphatic carbocycles. The molecule has 0 radical (unpaired) electrons. The molecule has 2 aliphatic heterocycles.